The third kappa shape index (κ3) is 3.26. The highest BCUT2D eigenvalue weighted by Crippen LogP contribution is 2.58. The van der Waals surface area contributed by atoms with E-state index in [9.17, 15) is 13.5 Å². The number of ether oxygens (including phenoxy) is 1. The summed E-state index contributed by atoms with van der Waals surface area (Å²) < 4.78 is 29.1. The summed E-state index contributed by atoms with van der Waals surface area (Å²) in [4.78, 5) is 9.18. The average molecular weight is 360 g/mol. The minimum Gasteiger partial charge on any atom is -0.508 e. The van der Waals surface area contributed by atoms with E-state index in [1.807, 2.05) is 12.1 Å². The van der Waals surface area contributed by atoms with Crippen molar-refractivity contribution in [1.82, 2.24) is 9.97 Å². The quantitative estimate of drug-likeness (QED) is 0.898. The normalized spacial score (nSPS) is 25.4. The minimum atomic E-state index is -3.20. The predicted molar refractivity (Wildman–Crippen MR) is 92.9 cm³/mol. The molecule has 25 heavy (non-hydrogen) atoms. The Kier molecular flexibility index (Phi) is 3.81. The molecule has 0 bridgehead atoms. The summed E-state index contributed by atoms with van der Waals surface area (Å²) in [5.41, 5.74) is 2.06. The summed E-state index contributed by atoms with van der Waals surface area (Å²) in [5, 5.41) is 9.74. The van der Waals surface area contributed by atoms with E-state index in [1.165, 1.54) is 6.26 Å². The number of phenolic OH excluding ortho intramolecular Hbond substituents is 1. The fourth-order valence-corrected chi connectivity index (χ4v) is 4.38. The van der Waals surface area contributed by atoms with E-state index in [0.717, 1.165) is 25.1 Å². The SMILES string of the molecule is CS(=O)(=O)Cc1cc([C@@]23CCOC[C@@H]2C3)nc(-c2cccc(O)c2)n1. The van der Waals surface area contributed by atoms with Gasteiger partial charge in [0.15, 0.2) is 15.7 Å². The third-order valence-electron chi connectivity index (χ3n) is 5.05. The number of aromatic hydroxyl groups is 1. The van der Waals surface area contributed by atoms with Gasteiger partial charge in [-0.25, -0.2) is 18.4 Å². The van der Waals surface area contributed by atoms with Crippen molar-refractivity contribution in [2.24, 2.45) is 5.92 Å². The molecular weight excluding hydrogens is 340 g/mol. The maximum atomic E-state index is 11.8. The van der Waals surface area contributed by atoms with Crippen LogP contribution in [0, 0.1) is 5.92 Å². The van der Waals surface area contributed by atoms with Gasteiger partial charge in [-0.2, -0.15) is 0 Å². The molecule has 0 radical (unpaired) electrons. The molecule has 1 aliphatic carbocycles. The lowest BCUT2D eigenvalue weighted by Gasteiger charge is -2.22. The van der Waals surface area contributed by atoms with Crippen LogP contribution in [0.1, 0.15) is 24.2 Å². The van der Waals surface area contributed by atoms with E-state index in [0.29, 0.717) is 29.6 Å². The van der Waals surface area contributed by atoms with Crippen molar-refractivity contribution in [2.45, 2.75) is 24.0 Å². The molecule has 2 aliphatic rings. The first-order chi connectivity index (χ1) is 11.9. The number of fused-ring (bicyclic) bond motifs is 1. The molecule has 1 saturated carbocycles. The van der Waals surface area contributed by atoms with Gasteiger partial charge in [0.1, 0.15) is 5.75 Å². The molecule has 1 saturated heterocycles. The topological polar surface area (TPSA) is 89.4 Å². The fourth-order valence-electron chi connectivity index (χ4n) is 3.70. The molecule has 1 N–H and O–H groups in total. The molecule has 2 fully saturated rings. The Morgan fingerprint density at radius 2 is 2.16 bits per heavy atom. The molecule has 6 nitrogen and oxygen atoms in total. The van der Waals surface area contributed by atoms with Crippen LogP contribution in [0.4, 0.5) is 0 Å². The molecule has 4 rings (SSSR count). The molecule has 1 aromatic heterocycles. The largest absolute Gasteiger partial charge is 0.508 e. The van der Waals surface area contributed by atoms with Crippen molar-refractivity contribution < 1.29 is 18.3 Å². The van der Waals surface area contributed by atoms with Crippen LogP contribution >= 0.6 is 0 Å². The van der Waals surface area contributed by atoms with Gasteiger partial charge in [0.2, 0.25) is 0 Å². The van der Waals surface area contributed by atoms with Crippen molar-refractivity contribution in [3.63, 3.8) is 0 Å². The van der Waals surface area contributed by atoms with Gasteiger partial charge < -0.3 is 9.84 Å². The van der Waals surface area contributed by atoms with E-state index in [-0.39, 0.29) is 16.9 Å². The number of phenols is 1. The van der Waals surface area contributed by atoms with Gasteiger partial charge in [0.05, 0.1) is 23.7 Å². The standard InChI is InChI=1S/C18H20N2O4S/c1-25(22,23)11-14-8-16(18-5-6-24-10-13(18)9-18)20-17(19-14)12-3-2-4-15(21)7-12/h2-4,7-8,13,21H,5-6,9-11H2,1H3/t13-,18+/m0/s1. The first-order valence-electron chi connectivity index (χ1n) is 8.29. The Balaban J connectivity index is 1.81. The van der Waals surface area contributed by atoms with Crippen LogP contribution in [0.5, 0.6) is 5.75 Å². The molecule has 1 aliphatic heterocycles. The lowest BCUT2D eigenvalue weighted by molar-refractivity contribution is 0.0794. The summed E-state index contributed by atoms with van der Waals surface area (Å²) in [6, 6.07) is 8.55. The van der Waals surface area contributed by atoms with Crippen LogP contribution < -0.4 is 0 Å². The van der Waals surface area contributed by atoms with Gasteiger partial charge in [-0.1, -0.05) is 12.1 Å². The first-order valence-corrected chi connectivity index (χ1v) is 10.4. The van der Waals surface area contributed by atoms with Crippen molar-refractivity contribution in [3.8, 4) is 17.1 Å². The lowest BCUT2D eigenvalue weighted by Crippen LogP contribution is -2.23. The van der Waals surface area contributed by atoms with Gasteiger partial charge in [0.25, 0.3) is 0 Å². The van der Waals surface area contributed by atoms with Gasteiger partial charge >= 0.3 is 0 Å². The number of hydrogen-bond acceptors (Lipinski definition) is 6. The maximum absolute atomic E-state index is 11.8. The van der Waals surface area contributed by atoms with Crippen molar-refractivity contribution >= 4 is 9.84 Å². The van der Waals surface area contributed by atoms with Crippen molar-refractivity contribution in [3.05, 3.63) is 41.7 Å². The second-order valence-corrected chi connectivity index (χ2v) is 9.21. The van der Waals surface area contributed by atoms with Gasteiger partial charge in [-0.3, -0.25) is 0 Å². The zero-order valence-corrected chi connectivity index (χ0v) is 14.8. The molecule has 0 amide bonds. The lowest BCUT2D eigenvalue weighted by atomic mass is 9.93. The molecule has 7 heteroatoms. The number of benzene rings is 1. The second kappa shape index (κ2) is 5.78. The number of sulfone groups is 1. The highest BCUT2D eigenvalue weighted by atomic mass is 32.2. The zero-order valence-electron chi connectivity index (χ0n) is 14.0. The molecule has 132 valence electrons. The van der Waals surface area contributed by atoms with E-state index in [1.54, 1.807) is 18.2 Å². The van der Waals surface area contributed by atoms with Gasteiger partial charge in [-0.15, -0.1) is 0 Å². The second-order valence-electron chi connectivity index (χ2n) is 7.07. The van der Waals surface area contributed by atoms with Gasteiger partial charge in [0, 0.05) is 23.8 Å². The van der Waals surface area contributed by atoms with E-state index >= 15 is 0 Å². The van der Waals surface area contributed by atoms with E-state index in [2.05, 4.69) is 4.98 Å². The molecule has 0 unspecified atom stereocenters. The zero-order chi connectivity index (χ0) is 17.7. The molecule has 2 aromatic rings. The molecule has 1 aromatic carbocycles. The first kappa shape index (κ1) is 16.5. The Labute approximate surface area is 146 Å². The number of rotatable bonds is 4. The summed E-state index contributed by atoms with van der Waals surface area (Å²) >= 11 is 0. The van der Waals surface area contributed by atoms with E-state index in [4.69, 9.17) is 9.72 Å². The van der Waals surface area contributed by atoms with Crippen molar-refractivity contribution in [2.75, 3.05) is 19.5 Å². The monoisotopic (exact) mass is 360 g/mol. The van der Waals surface area contributed by atoms with Crippen LogP contribution in [-0.2, 0) is 25.7 Å². The van der Waals surface area contributed by atoms with Crippen LogP contribution in [0.25, 0.3) is 11.4 Å². The summed E-state index contributed by atoms with van der Waals surface area (Å²) in [6.07, 6.45) is 3.11. The summed E-state index contributed by atoms with van der Waals surface area (Å²) in [5.74, 6) is 0.911. The maximum Gasteiger partial charge on any atom is 0.159 e. The summed E-state index contributed by atoms with van der Waals surface area (Å²) in [6.45, 7) is 1.43. The highest BCUT2D eigenvalue weighted by molar-refractivity contribution is 7.89. The Hall–Kier alpha value is -1.99. The average Bonchev–Trinajstić information content (AvgIpc) is 3.29. The number of nitrogens with zero attached hydrogens (tertiary/aromatic N) is 2. The Morgan fingerprint density at radius 3 is 2.88 bits per heavy atom. The minimum absolute atomic E-state index is 0.0149. The van der Waals surface area contributed by atoms with Crippen LogP contribution in [0.3, 0.4) is 0 Å². The fraction of sp³-hybridized carbons (Fsp3) is 0.444. The number of aromatic nitrogens is 2. The Bertz CT molecular complexity index is 928. The molecular formula is C18H20N2O4S. The van der Waals surface area contributed by atoms with E-state index < -0.39 is 9.84 Å². The summed E-state index contributed by atoms with van der Waals surface area (Å²) in [7, 11) is -3.20. The van der Waals surface area contributed by atoms with Gasteiger partial charge in [-0.05, 0) is 37.0 Å². The molecule has 2 heterocycles. The smallest absolute Gasteiger partial charge is 0.159 e. The Morgan fingerprint density at radius 1 is 1.32 bits per heavy atom. The van der Waals surface area contributed by atoms with Crippen LogP contribution in [0.15, 0.2) is 30.3 Å². The third-order valence-corrected chi connectivity index (χ3v) is 5.87. The molecule has 2 atom stereocenters. The number of hydrogen-bond donors (Lipinski definition) is 1. The van der Waals surface area contributed by atoms with Crippen molar-refractivity contribution in [1.29, 1.82) is 0 Å². The van der Waals surface area contributed by atoms with Crippen LogP contribution in [-0.4, -0.2) is 43.0 Å². The highest BCUT2D eigenvalue weighted by Gasteiger charge is 2.57. The predicted octanol–water partition coefficient (Wildman–Crippen LogP) is 2.07. The molecule has 0 spiro atoms. The van der Waals surface area contributed by atoms with Crippen LogP contribution in [0.2, 0.25) is 0 Å².